The van der Waals surface area contributed by atoms with Crippen LogP contribution >= 0.6 is 0 Å². The Balaban J connectivity index is 0. The molecule has 0 aromatic rings. The van der Waals surface area contributed by atoms with E-state index in [0.29, 0.717) is 0 Å². The Morgan fingerprint density at radius 1 is 0.455 bits per heavy atom. The Bertz CT molecular complexity index is 18.4. The van der Waals surface area contributed by atoms with Crippen LogP contribution in [0.15, 0.2) is 0 Å². The Labute approximate surface area is 115 Å². The summed E-state index contributed by atoms with van der Waals surface area (Å²) >= 11 is 0. The summed E-state index contributed by atoms with van der Waals surface area (Å²) in [6, 6.07) is 0. The molecule has 0 fully saturated rings. The summed E-state index contributed by atoms with van der Waals surface area (Å²) in [4.78, 5) is 0. The molecule has 0 unspecified atom stereocenters. The van der Waals surface area contributed by atoms with Crippen LogP contribution in [0.2, 0.25) is 0 Å². The molecule has 2 radical (unpaired) electrons. The zero-order valence-corrected chi connectivity index (χ0v) is 12.2. The molecule has 0 aromatic carbocycles. The fourth-order valence-electron chi connectivity index (χ4n) is 0. The van der Waals surface area contributed by atoms with Crippen LogP contribution in [0, 0.1) is 0 Å². The third kappa shape index (κ3) is 264. The maximum atomic E-state index is 0. The predicted octanol–water partition coefficient (Wildman–Crippen LogP) is -0.842. The zero-order chi connectivity index (χ0) is 0. The van der Waals surface area contributed by atoms with Crippen LogP contribution in [0.4, 0.5) is 0 Å². The molecule has 0 bridgehead atoms. The van der Waals surface area contributed by atoms with Crippen molar-refractivity contribution in [2.24, 2.45) is 0 Å². The van der Waals surface area contributed by atoms with Gasteiger partial charge in [-0.3, -0.25) is 0 Å². The fourth-order valence-corrected chi connectivity index (χ4v) is 0. The van der Waals surface area contributed by atoms with E-state index in [2.05, 4.69) is 0 Å². The van der Waals surface area contributed by atoms with Gasteiger partial charge in [-0.2, -0.15) is 0 Å². The van der Waals surface area contributed by atoms with Gasteiger partial charge in [-0.15, -0.1) is 0 Å². The molecule has 0 aliphatic carbocycles. The van der Waals surface area contributed by atoms with Crippen molar-refractivity contribution in [3.8, 4) is 0 Å². The first-order valence-electron chi connectivity index (χ1n) is 0. The molecule has 0 heterocycles. The molecule has 0 atom stereocenters. The molecule has 7 nitrogen and oxygen atoms in total. The first kappa shape index (κ1) is 409. The second-order valence-corrected chi connectivity index (χ2v) is 0. The topological polar surface area (TPSA) is 200 Å². The molecule has 0 aromatic heterocycles. The van der Waals surface area contributed by atoms with E-state index in [1.54, 1.807) is 0 Å². The van der Waals surface area contributed by atoms with Gasteiger partial charge in [0.1, 0.15) is 0 Å². The first-order valence-corrected chi connectivity index (χ1v) is 0. The number of hydrogen-bond donors (Lipinski definition) is 0. The number of rotatable bonds is 0. The van der Waals surface area contributed by atoms with Crippen molar-refractivity contribution in [1.82, 2.24) is 0 Å². The summed E-state index contributed by atoms with van der Waals surface area (Å²) in [6.45, 7) is 0. The third-order valence-electron chi connectivity index (χ3n) is 0. The fraction of sp³-hybridized carbons (Fsp3) is 0. The molecule has 0 spiro atoms. The minimum Gasteiger partial charge on any atom is -2.00 e. The Hall–Kier alpha value is 2.19. The smallest absolute Gasteiger partial charge is 2.00 e. The van der Waals surface area contributed by atoms with Gasteiger partial charge in [-0.1, -0.05) is 0 Å². The minimum absolute atomic E-state index is 0. The van der Waals surface area contributed by atoms with Crippen LogP contribution in [0.3, 0.4) is 0 Å². The van der Waals surface area contributed by atoms with E-state index in [9.17, 15) is 0 Å². The third-order valence-corrected chi connectivity index (χ3v) is 0. The van der Waals surface area contributed by atoms with Crippen molar-refractivity contribution >= 4 is 0 Å². The van der Waals surface area contributed by atoms with Gasteiger partial charge in [-0.05, 0) is 0 Å². The second kappa shape index (κ2) is 319. The van der Waals surface area contributed by atoms with E-state index >= 15 is 0 Å². The van der Waals surface area contributed by atoms with Crippen LogP contribution in [0.1, 0.15) is 0 Å². The van der Waals surface area contributed by atoms with Crippen LogP contribution in [0.5, 0.6) is 0 Å². The van der Waals surface area contributed by atoms with Gasteiger partial charge in [0.05, 0.1) is 0 Å². The molecule has 0 amide bonds. The average Bonchev–Trinajstić information content (AvgIpc) is 0. The van der Waals surface area contributed by atoms with E-state index in [-0.39, 0.29) is 116 Å². The van der Waals surface area contributed by atoms with E-state index in [1.165, 1.54) is 0 Å². The molecule has 0 N–H and O–H groups in total. The molecule has 0 aliphatic rings. The maximum Gasteiger partial charge on any atom is 5.00 e. The molecule has 0 saturated heterocycles. The standard InChI is InChI=1S/Co.Cr.7O.Pt.Ta/q+2;+3;7*-2;+4;+5. The van der Waals surface area contributed by atoms with Gasteiger partial charge in [0, 0.05) is 0 Å². The van der Waals surface area contributed by atoms with E-state index in [1.807, 2.05) is 0 Å². The van der Waals surface area contributed by atoms with Gasteiger partial charge in [-0.25, -0.2) is 0 Å². The monoisotopic (exact) mass is 599 g/mol. The first-order chi connectivity index (χ1) is 0. The van der Waals surface area contributed by atoms with Gasteiger partial charge in [0.15, 0.2) is 0 Å². The largest absolute Gasteiger partial charge is 5.00 e. The van der Waals surface area contributed by atoms with E-state index < -0.39 is 0 Å². The van der Waals surface area contributed by atoms with Gasteiger partial charge < -0.3 is 38.3 Å². The Morgan fingerprint density at radius 3 is 0.455 bits per heavy atom. The molecular weight excluding hydrogens is 599 g/mol. The van der Waals surface area contributed by atoms with Crippen LogP contribution in [0.25, 0.3) is 0 Å². The Kier molecular flexibility index (Phi) is 11900. The molecule has 0 rings (SSSR count). The van der Waals surface area contributed by atoms with Crippen molar-refractivity contribution in [3.63, 3.8) is 0 Å². The normalized spacial score (nSPS) is 0. The predicted molar refractivity (Wildman–Crippen MR) is 4.81 cm³/mol. The van der Waals surface area contributed by atoms with Crippen molar-refractivity contribution in [2.75, 3.05) is 0 Å². The SMILES string of the molecule is [Co+2].[Cr+3].[O-2].[O-2].[O-2].[O-2].[O-2].[O-2].[O-2].[Pt+4].[Ta+5]. The molecule has 0 aliphatic heterocycles. The molecule has 72 valence electrons. The summed E-state index contributed by atoms with van der Waals surface area (Å²) in [5.41, 5.74) is 0. The summed E-state index contributed by atoms with van der Waals surface area (Å²) in [7, 11) is 0. The second-order valence-electron chi connectivity index (χ2n) is 0. The zero-order valence-electron chi connectivity index (χ0n) is 4.36. The minimum atomic E-state index is 0. The van der Waals surface area contributed by atoms with Crippen LogP contribution in [-0.4, -0.2) is 0 Å². The van der Waals surface area contributed by atoms with Crippen molar-refractivity contribution in [1.29, 1.82) is 0 Å². The molecule has 11 heavy (non-hydrogen) atoms. The molecule has 0 saturated carbocycles. The van der Waals surface area contributed by atoms with Crippen LogP contribution < -0.4 is 0 Å². The van der Waals surface area contributed by atoms with Gasteiger partial charge in [0.2, 0.25) is 0 Å². The molecule has 11 heteroatoms. The summed E-state index contributed by atoms with van der Waals surface area (Å²) in [5, 5.41) is 0. The molecular formula is CoCrO7PtTa. The average molecular weight is 599 g/mol. The quantitative estimate of drug-likeness (QED) is 0.335. The summed E-state index contributed by atoms with van der Waals surface area (Å²) < 4.78 is 0. The Morgan fingerprint density at radius 2 is 0.455 bits per heavy atom. The van der Waals surface area contributed by atoms with Gasteiger partial charge in [0.25, 0.3) is 0 Å². The van der Waals surface area contributed by atoms with E-state index in [0.717, 1.165) is 0 Å². The van der Waals surface area contributed by atoms with Crippen LogP contribution in [-0.2, 0) is 116 Å². The van der Waals surface area contributed by atoms with Crippen molar-refractivity contribution in [3.05, 3.63) is 0 Å². The van der Waals surface area contributed by atoms with Crippen molar-refractivity contribution in [2.45, 2.75) is 0 Å². The van der Waals surface area contributed by atoms with Gasteiger partial charge >= 0.3 is 77.6 Å². The van der Waals surface area contributed by atoms with Crippen molar-refractivity contribution < 1.29 is 116 Å². The maximum absolute atomic E-state index is 0. The summed E-state index contributed by atoms with van der Waals surface area (Å²) in [6.07, 6.45) is 0. The summed E-state index contributed by atoms with van der Waals surface area (Å²) in [5.74, 6) is 0. The number of hydrogen-bond acceptors (Lipinski definition) is 0. The van der Waals surface area contributed by atoms with E-state index in [4.69, 9.17) is 0 Å².